The molecule has 0 radical (unpaired) electrons. The number of hydrogen-bond acceptors (Lipinski definition) is 3. The number of benzene rings is 1. The molecule has 0 aliphatic heterocycles. The van der Waals surface area contributed by atoms with Gasteiger partial charge in [-0.15, -0.1) is 11.6 Å². The molecule has 1 rings (SSSR count). The first kappa shape index (κ1) is 18.4. The smallest absolute Gasteiger partial charge is 0.0701 e. The number of rotatable bonds is 12. The number of halogens is 1. The fraction of sp³-hybridized carbons (Fsp3) is 0.647. The molecule has 0 bridgehead atoms. The zero-order valence-corrected chi connectivity index (χ0v) is 13.9. The first-order valence-corrected chi connectivity index (χ1v) is 8.05. The van der Waals surface area contributed by atoms with Crippen molar-refractivity contribution in [2.75, 3.05) is 46.0 Å². The topological polar surface area (TPSA) is 27.7 Å². The monoisotopic (exact) mass is 314 g/mol. The van der Waals surface area contributed by atoms with E-state index in [2.05, 4.69) is 31.2 Å². The van der Waals surface area contributed by atoms with Crippen LogP contribution in [0.25, 0.3) is 0 Å². The highest BCUT2D eigenvalue weighted by Crippen LogP contribution is 2.15. The molecule has 0 fully saturated rings. The van der Waals surface area contributed by atoms with Crippen molar-refractivity contribution in [1.29, 1.82) is 0 Å². The van der Waals surface area contributed by atoms with Gasteiger partial charge in [-0.1, -0.05) is 29.8 Å². The Balaban J connectivity index is 2.09. The van der Waals surface area contributed by atoms with E-state index in [1.165, 1.54) is 11.1 Å². The average Bonchev–Trinajstić information content (AvgIpc) is 2.50. The van der Waals surface area contributed by atoms with E-state index >= 15 is 0 Å². The van der Waals surface area contributed by atoms with Gasteiger partial charge in [0.25, 0.3) is 0 Å². The first-order chi connectivity index (χ1) is 10.3. The van der Waals surface area contributed by atoms with Gasteiger partial charge in [-0.25, -0.2) is 0 Å². The van der Waals surface area contributed by atoms with Gasteiger partial charge in [-0.05, 0) is 31.2 Å². The Kier molecular flexibility index (Phi) is 10.5. The van der Waals surface area contributed by atoms with Crippen LogP contribution < -0.4 is 0 Å². The molecule has 120 valence electrons. The number of alkyl halides is 1. The molecule has 0 spiro atoms. The van der Waals surface area contributed by atoms with E-state index < -0.39 is 0 Å². The van der Waals surface area contributed by atoms with Crippen LogP contribution in [0.5, 0.6) is 0 Å². The molecule has 0 saturated heterocycles. The van der Waals surface area contributed by atoms with Gasteiger partial charge in [0.2, 0.25) is 0 Å². The van der Waals surface area contributed by atoms with Crippen molar-refractivity contribution in [3.8, 4) is 0 Å². The predicted octanol–water partition coefficient (Wildman–Crippen LogP) is 3.46. The molecule has 0 N–H and O–H groups in total. The van der Waals surface area contributed by atoms with Crippen molar-refractivity contribution in [3.63, 3.8) is 0 Å². The minimum Gasteiger partial charge on any atom is -0.382 e. The van der Waals surface area contributed by atoms with Gasteiger partial charge in [0.15, 0.2) is 0 Å². The molecule has 0 aliphatic rings. The van der Waals surface area contributed by atoms with Crippen molar-refractivity contribution in [2.24, 2.45) is 5.92 Å². The van der Waals surface area contributed by atoms with Gasteiger partial charge >= 0.3 is 0 Å². The van der Waals surface area contributed by atoms with E-state index in [1.54, 1.807) is 7.11 Å². The molecule has 4 heteroatoms. The minimum atomic E-state index is 0.462. The summed E-state index contributed by atoms with van der Waals surface area (Å²) < 4.78 is 15.8. The normalized spacial score (nSPS) is 12.5. The molecule has 1 unspecified atom stereocenters. The van der Waals surface area contributed by atoms with E-state index in [0.29, 0.717) is 38.2 Å². The Morgan fingerprint density at radius 3 is 2.19 bits per heavy atom. The molecule has 1 atom stereocenters. The molecule has 21 heavy (non-hydrogen) atoms. The standard InChI is InChI=1S/C17H27ClO3/c1-15-3-5-16(6-4-15)13-17(14-18)7-8-20-11-12-21-10-9-19-2/h3-6,17H,7-14H2,1-2H3. The minimum absolute atomic E-state index is 0.462. The number of methoxy groups -OCH3 is 1. The molecule has 3 nitrogen and oxygen atoms in total. The van der Waals surface area contributed by atoms with Crippen molar-refractivity contribution in [3.05, 3.63) is 35.4 Å². The predicted molar refractivity (Wildman–Crippen MR) is 87.2 cm³/mol. The second kappa shape index (κ2) is 12.0. The molecule has 1 aromatic rings. The molecule has 0 amide bonds. The van der Waals surface area contributed by atoms with Gasteiger partial charge in [0, 0.05) is 19.6 Å². The maximum Gasteiger partial charge on any atom is 0.0701 e. The van der Waals surface area contributed by atoms with Crippen molar-refractivity contribution in [1.82, 2.24) is 0 Å². The van der Waals surface area contributed by atoms with E-state index in [4.69, 9.17) is 25.8 Å². The highest BCUT2D eigenvalue weighted by Gasteiger charge is 2.08. The zero-order chi connectivity index (χ0) is 15.3. The van der Waals surface area contributed by atoms with Crippen LogP contribution in [0.15, 0.2) is 24.3 Å². The van der Waals surface area contributed by atoms with Crippen LogP contribution in [-0.4, -0.2) is 46.0 Å². The molecule has 0 saturated carbocycles. The summed E-state index contributed by atoms with van der Waals surface area (Å²) in [6, 6.07) is 8.65. The summed E-state index contributed by atoms with van der Waals surface area (Å²) in [5, 5.41) is 0. The Bertz CT molecular complexity index is 354. The van der Waals surface area contributed by atoms with E-state index in [-0.39, 0.29) is 0 Å². The van der Waals surface area contributed by atoms with Crippen molar-refractivity contribution >= 4 is 11.6 Å². The summed E-state index contributed by atoms with van der Waals surface area (Å²) in [7, 11) is 1.67. The second-order valence-corrected chi connectivity index (χ2v) is 5.52. The molecule has 0 aliphatic carbocycles. The first-order valence-electron chi connectivity index (χ1n) is 7.52. The summed E-state index contributed by atoms with van der Waals surface area (Å²) in [6.07, 6.45) is 1.99. The fourth-order valence-electron chi connectivity index (χ4n) is 2.01. The van der Waals surface area contributed by atoms with Gasteiger partial charge in [-0.2, -0.15) is 0 Å². The van der Waals surface area contributed by atoms with Crippen LogP contribution >= 0.6 is 11.6 Å². The summed E-state index contributed by atoms with van der Waals surface area (Å²) in [4.78, 5) is 0. The maximum atomic E-state index is 6.05. The third-order valence-corrected chi connectivity index (χ3v) is 3.77. The lowest BCUT2D eigenvalue weighted by atomic mass is 9.98. The largest absolute Gasteiger partial charge is 0.382 e. The van der Waals surface area contributed by atoms with Crippen LogP contribution in [0.4, 0.5) is 0 Å². The van der Waals surface area contributed by atoms with Crippen LogP contribution in [0.1, 0.15) is 17.5 Å². The van der Waals surface area contributed by atoms with Crippen LogP contribution in [0, 0.1) is 12.8 Å². The molecular weight excluding hydrogens is 288 g/mol. The molecule has 1 aromatic carbocycles. The van der Waals surface area contributed by atoms with E-state index in [0.717, 1.165) is 19.4 Å². The van der Waals surface area contributed by atoms with Crippen LogP contribution in [0.2, 0.25) is 0 Å². The summed E-state index contributed by atoms with van der Waals surface area (Å²) in [6.45, 7) is 5.33. The van der Waals surface area contributed by atoms with Gasteiger partial charge < -0.3 is 14.2 Å². The van der Waals surface area contributed by atoms with Crippen molar-refractivity contribution in [2.45, 2.75) is 19.8 Å². The Morgan fingerprint density at radius 2 is 1.57 bits per heavy atom. The quantitative estimate of drug-likeness (QED) is 0.437. The molecule has 0 heterocycles. The lowest BCUT2D eigenvalue weighted by Crippen LogP contribution is -2.13. The third-order valence-electron chi connectivity index (χ3n) is 3.34. The third kappa shape index (κ3) is 9.10. The van der Waals surface area contributed by atoms with Gasteiger partial charge in [-0.3, -0.25) is 0 Å². The number of aryl methyl sites for hydroxylation is 1. The average molecular weight is 315 g/mol. The lowest BCUT2D eigenvalue weighted by Gasteiger charge is -2.14. The summed E-state index contributed by atoms with van der Waals surface area (Å²) in [5.74, 6) is 1.13. The highest BCUT2D eigenvalue weighted by atomic mass is 35.5. The van der Waals surface area contributed by atoms with Crippen LogP contribution in [0.3, 0.4) is 0 Å². The highest BCUT2D eigenvalue weighted by molar-refractivity contribution is 6.18. The summed E-state index contributed by atoms with van der Waals surface area (Å²) in [5.41, 5.74) is 2.63. The number of ether oxygens (including phenoxy) is 3. The summed E-state index contributed by atoms with van der Waals surface area (Å²) >= 11 is 6.05. The van der Waals surface area contributed by atoms with Crippen LogP contribution in [-0.2, 0) is 20.6 Å². The maximum absolute atomic E-state index is 6.05. The Morgan fingerprint density at radius 1 is 0.952 bits per heavy atom. The molecule has 0 aromatic heterocycles. The second-order valence-electron chi connectivity index (χ2n) is 5.22. The lowest BCUT2D eigenvalue weighted by molar-refractivity contribution is 0.0223. The fourth-order valence-corrected chi connectivity index (χ4v) is 2.27. The Labute approximate surface area is 133 Å². The molecular formula is C17H27ClO3. The van der Waals surface area contributed by atoms with E-state index in [1.807, 2.05) is 0 Å². The Hall–Kier alpha value is -0.610. The van der Waals surface area contributed by atoms with Gasteiger partial charge in [0.05, 0.1) is 26.4 Å². The van der Waals surface area contributed by atoms with Gasteiger partial charge in [0.1, 0.15) is 0 Å². The van der Waals surface area contributed by atoms with E-state index in [9.17, 15) is 0 Å². The zero-order valence-electron chi connectivity index (χ0n) is 13.1. The SMILES string of the molecule is COCCOCCOCCC(CCl)Cc1ccc(C)cc1. The number of hydrogen-bond donors (Lipinski definition) is 0. The van der Waals surface area contributed by atoms with Crippen molar-refractivity contribution < 1.29 is 14.2 Å².